The molecule has 7 nitrogen and oxygen atoms in total. The summed E-state index contributed by atoms with van der Waals surface area (Å²) in [5, 5.41) is 5.47. The lowest BCUT2D eigenvalue weighted by Crippen LogP contribution is -2.49. The fraction of sp³-hybridized carbons (Fsp3) is 0.296. The molecular formula is C27H26N4O3. The van der Waals surface area contributed by atoms with Gasteiger partial charge in [-0.05, 0) is 37.1 Å². The molecule has 1 aliphatic carbocycles. The zero-order valence-electron chi connectivity index (χ0n) is 19.0. The zero-order chi connectivity index (χ0) is 23.2. The Morgan fingerprint density at radius 3 is 2.62 bits per heavy atom. The number of aromatic nitrogens is 2. The molecule has 6 rings (SSSR count). The number of aromatic amines is 1. The van der Waals surface area contributed by atoms with Crippen LogP contribution in [-0.2, 0) is 4.74 Å². The third kappa shape index (κ3) is 3.22. The maximum absolute atomic E-state index is 13.8. The molecular weight excluding hydrogens is 428 g/mol. The number of pyridine rings is 1. The number of amides is 1. The molecule has 1 unspecified atom stereocenters. The van der Waals surface area contributed by atoms with Crippen LogP contribution < -0.4 is 5.32 Å². The number of esters is 1. The Balaban J connectivity index is 1.60. The lowest BCUT2D eigenvalue weighted by molar-refractivity contribution is 0.0520. The molecule has 1 aliphatic heterocycles. The molecule has 0 spiro atoms. The van der Waals surface area contributed by atoms with Crippen molar-refractivity contribution in [2.24, 2.45) is 0 Å². The van der Waals surface area contributed by atoms with E-state index in [2.05, 4.69) is 10.3 Å². The van der Waals surface area contributed by atoms with E-state index in [0.29, 0.717) is 11.3 Å². The third-order valence-electron chi connectivity index (χ3n) is 7.11. The topological polar surface area (TPSA) is 87.3 Å². The van der Waals surface area contributed by atoms with Gasteiger partial charge in [0, 0.05) is 28.0 Å². The first-order chi connectivity index (χ1) is 16.7. The highest BCUT2D eigenvalue weighted by Gasteiger charge is 2.40. The Morgan fingerprint density at radius 1 is 1.03 bits per heavy atom. The SMILES string of the molecule is COC(=O)c1cc2c([nH]c3ccccc32)c(C2Nc3ccccc3C(=O)N2C2CCCCC2)n1. The van der Waals surface area contributed by atoms with Crippen molar-refractivity contribution >= 4 is 39.4 Å². The largest absolute Gasteiger partial charge is 0.464 e. The summed E-state index contributed by atoms with van der Waals surface area (Å²) < 4.78 is 5.02. The predicted octanol–water partition coefficient (Wildman–Crippen LogP) is 5.40. The van der Waals surface area contributed by atoms with Crippen molar-refractivity contribution in [1.29, 1.82) is 0 Å². The Kier molecular flexibility index (Phi) is 4.98. The van der Waals surface area contributed by atoms with Gasteiger partial charge in [0.1, 0.15) is 17.6 Å². The number of benzene rings is 2. The number of fused-ring (bicyclic) bond motifs is 4. The molecule has 0 radical (unpaired) electrons. The molecule has 2 aliphatic rings. The summed E-state index contributed by atoms with van der Waals surface area (Å²) in [6, 6.07) is 17.4. The fourth-order valence-electron chi connectivity index (χ4n) is 5.48. The van der Waals surface area contributed by atoms with Gasteiger partial charge in [-0.3, -0.25) is 4.79 Å². The molecule has 4 aromatic rings. The highest BCUT2D eigenvalue weighted by molar-refractivity contribution is 6.10. The summed E-state index contributed by atoms with van der Waals surface area (Å²) in [4.78, 5) is 36.7. The maximum atomic E-state index is 13.8. The molecule has 1 saturated carbocycles. The molecule has 1 amide bonds. The van der Waals surface area contributed by atoms with Gasteiger partial charge in [0.15, 0.2) is 0 Å². The van der Waals surface area contributed by atoms with Crippen molar-refractivity contribution in [2.45, 2.75) is 44.3 Å². The Hall–Kier alpha value is -3.87. The number of anilines is 1. The minimum Gasteiger partial charge on any atom is -0.464 e. The monoisotopic (exact) mass is 454 g/mol. The van der Waals surface area contributed by atoms with Crippen LogP contribution in [0.4, 0.5) is 5.69 Å². The maximum Gasteiger partial charge on any atom is 0.356 e. The minimum absolute atomic E-state index is 0.000724. The van der Waals surface area contributed by atoms with E-state index in [1.54, 1.807) is 6.07 Å². The van der Waals surface area contributed by atoms with Crippen LogP contribution in [0.3, 0.4) is 0 Å². The fourth-order valence-corrected chi connectivity index (χ4v) is 5.48. The Bertz CT molecular complexity index is 1420. The van der Waals surface area contributed by atoms with Crippen molar-refractivity contribution in [3.8, 4) is 0 Å². The average molecular weight is 455 g/mol. The molecule has 2 aromatic heterocycles. The molecule has 172 valence electrons. The minimum atomic E-state index is -0.509. The summed E-state index contributed by atoms with van der Waals surface area (Å²) in [6.45, 7) is 0. The van der Waals surface area contributed by atoms with Gasteiger partial charge in [-0.15, -0.1) is 0 Å². The Labute approximate surface area is 197 Å². The highest BCUT2D eigenvalue weighted by atomic mass is 16.5. The first-order valence-electron chi connectivity index (χ1n) is 11.8. The normalized spacial score (nSPS) is 18.7. The van der Waals surface area contributed by atoms with E-state index in [4.69, 9.17) is 9.72 Å². The summed E-state index contributed by atoms with van der Waals surface area (Å²) in [5.41, 5.74) is 4.07. The molecule has 34 heavy (non-hydrogen) atoms. The number of nitrogens with one attached hydrogen (secondary N) is 2. The molecule has 1 fully saturated rings. The number of methoxy groups -OCH3 is 1. The van der Waals surface area contributed by atoms with Crippen molar-refractivity contribution in [3.63, 3.8) is 0 Å². The van der Waals surface area contributed by atoms with E-state index in [1.165, 1.54) is 13.5 Å². The van der Waals surface area contributed by atoms with E-state index in [9.17, 15) is 9.59 Å². The van der Waals surface area contributed by atoms with Crippen molar-refractivity contribution in [3.05, 3.63) is 71.5 Å². The van der Waals surface area contributed by atoms with Crippen molar-refractivity contribution < 1.29 is 14.3 Å². The van der Waals surface area contributed by atoms with Crippen molar-refractivity contribution in [1.82, 2.24) is 14.9 Å². The van der Waals surface area contributed by atoms with Crippen LogP contribution in [0.1, 0.15) is 64.8 Å². The van der Waals surface area contributed by atoms with E-state index >= 15 is 0 Å². The van der Waals surface area contributed by atoms with Crippen LogP contribution in [0.5, 0.6) is 0 Å². The molecule has 2 aromatic carbocycles. The Morgan fingerprint density at radius 2 is 1.79 bits per heavy atom. The molecule has 3 heterocycles. The first kappa shape index (κ1) is 20.7. The third-order valence-corrected chi connectivity index (χ3v) is 7.11. The van der Waals surface area contributed by atoms with Crippen LogP contribution in [0.25, 0.3) is 21.8 Å². The van der Waals surface area contributed by atoms with E-state index in [-0.39, 0.29) is 17.6 Å². The number of para-hydroxylation sites is 2. The molecule has 7 heteroatoms. The second-order valence-electron chi connectivity index (χ2n) is 9.07. The van der Waals surface area contributed by atoms with Gasteiger partial charge < -0.3 is 19.9 Å². The second kappa shape index (κ2) is 8.17. The van der Waals surface area contributed by atoms with Crippen LogP contribution in [-0.4, -0.2) is 39.9 Å². The molecule has 2 N–H and O–H groups in total. The molecule has 0 bridgehead atoms. The lowest BCUT2D eigenvalue weighted by atomic mass is 9.91. The standard InChI is InChI=1S/C27H26N4O3/c1-34-27(33)22-15-19-17-11-5-7-13-20(17)28-23(19)24(29-22)25-30-21-14-8-6-12-18(21)26(32)31(25)16-9-3-2-4-10-16/h5-8,11-16,25,28,30H,2-4,9-10H2,1H3. The number of hydrogen-bond acceptors (Lipinski definition) is 5. The van der Waals surface area contributed by atoms with E-state index in [0.717, 1.165) is 53.2 Å². The van der Waals surface area contributed by atoms with Gasteiger partial charge in [0.05, 0.1) is 18.2 Å². The van der Waals surface area contributed by atoms with Gasteiger partial charge >= 0.3 is 5.97 Å². The summed E-state index contributed by atoms with van der Waals surface area (Å²) in [7, 11) is 1.36. The van der Waals surface area contributed by atoms with Gasteiger partial charge in [-0.2, -0.15) is 0 Å². The molecule has 0 saturated heterocycles. The smallest absolute Gasteiger partial charge is 0.356 e. The van der Waals surface area contributed by atoms with Gasteiger partial charge in [0.25, 0.3) is 5.91 Å². The number of nitrogens with zero attached hydrogens (tertiary/aromatic N) is 2. The number of H-pyrrole nitrogens is 1. The number of rotatable bonds is 3. The van der Waals surface area contributed by atoms with Crippen LogP contribution in [0.15, 0.2) is 54.6 Å². The quantitative estimate of drug-likeness (QED) is 0.405. The number of carbonyl (C=O) groups excluding carboxylic acids is 2. The predicted molar refractivity (Wildman–Crippen MR) is 131 cm³/mol. The summed E-state index contributed by atoms with van der Waals surface area (Å²) >= 11 is 0. The average Bonchev–Trinajstić information content (AvgIpc) is 3.27. The zero-order valence-corrected chi connectivity index (χ0v) is 19.0. The van der Waals surface area contributed by atoms with Crippen LogP contribution in [0.2, 0.25) is 0 Å². The number of ether oxygens (including phenoxy) is 1. The van der Waals surface area contributed by atoms with Gasteiger partial charge in [-0.25, -0.2) is 9.78 Å². The molecule has 1 atom stereocenters. The number of carbonyl (C=O) groups is 2. The van der Waals surface area contributed by atoms with Crippen molar-refractivity contribution in [2.75, 3.05) is 12.4 Å². The van der Waals surface area contributed by atoms with Gasteiger partial charge in [-0.1, -0.05) is 49.6 Å². The number of hydrogen-bond donors (Lipinski definition) is 2. The van der Waals surface area contributed by atoms with E-state index < -0.39 is 12.1 Å². The van der Waals surface area contributed by atoms with Gasteiger partial charge in [0.2, 0.25) is 0 Å². The first-order valence-corrected chi connectivity index (χ1v) is 11.8. The van der Waals surface area contributed by atoms with Crippen LogP contribution >= 0.6 is 0 Å². The lowest BCUT2D eigenvalue weighted by Gasteiger charge is -2.43. The van der Waals surface area contributed by atoms with Crippen LogP contribution in [0, 0.1) is 0 Å². The van der Waals surface area contributed by atoms with E-state index in [1.807, 2.05) is 53.4 Å². The summed E-state index contributed by atoms with van der Waals surface area (Å²) in [5.74, 6) is -0.499. The summed E-state index contributed by atoms with van der Waals surface area (Å²) in [6.07, 6.45) is 4.79. The second-order valence-corrected chi connectivity index (χ2v) is 9.07. The highest BCUT2D eigenvalue weighted by Crippen LogP contribution is 2.40.